The lowest BCUT2D eigenvalue weighted by atomic mass is 10.2. The second-order valence-corrected chi connectivity index (χ2v) is 4.72. The van der Waals surface area contributed by atoms with Crippen molar-refractivity contribution < 1.29 is 4.79 Å². The first-order valence-corrected chi connectivity index (χ1v) is 6.48. The summed E-state index contributed by atoms with van der Waals surface area (Å²) in [5.41, 5.74) is 1.30. The van der Waals surface area contributed by atoms with Gasteiger partial charge in [0, 0.05) is 17.7 Å². The van der Waals surface area contributed by atoms with E-state index in [1.807, 2.05) is 13.0 Å². The van der Waals surface area contributed by atoms with E-state index < -0.39 is 0 Å². The Labute approximate surface area is 119 Å². The summed E-state index contributed by atoms with van der Waals surface area (Å²) in [6.07, 6.45) is 1.63. The number of carbonyl (C=O) groups excluding carboxylic acids is 1. The maximum absolute atomic E-state index is 12.1. The van der Waals surface area contributed by atoms with Crippen LogP contribution in [-0.2, 0) is 0 Å². The Morgan fingerprint density at radius 1 is 1.32 bits per heavy atom. The molecule has 0 saturated heterocycles. The molecule has 0 aliphatic carbocycles. The Kier molecular flexibility index (Phi) is 4.11. The highest BCUT2D eigenvalue weighted by molar-refractivity contribution is 9.10. The average Bonchev–Trinajstić information content (AvgIpc) is 2.43. The van der Waals surface area contributed by atoms with Gasteiger partial charge in [-0.2, -0.15) is 0 Å². The summed E-state index contributed by atoms with van der Waals surface area (Å²) in [6.45, 7) is 1.86. The number of carbonyl (C=O) groups is 1. The number of anilines is 2. The monoisotopic (exact) mass is 320 g/mol. The normalized spacial score (nSPS) is 10.1. The maximum atomic E-state index is 12.1. The molecule has 0 bridgehead atoms. The summed E-state index contributed by atoms with van der Waals surface area (Å²) >= 11 is 3.37. The fraction of sp³-hybridized carbons (Fsp3) is 0.154. The predicted molar refractivity (Wildman–Crippen MR) is 78.4 cm³/mol. The molecule has 0 atom stereocenters. The Morgan fingerprint density at radius 3 is 2.79 bits per heavy atom. The molecule has 19 heavy (non-hydrogen) atoms. The Morgan fingerprint density at radius 2 is 2.11 bits per heavy atom. The van der Waals surface area contributed by atoms with Crippen LogP contribution >= 0.6 is 15.9 Å². The highest BCUT2D eigenvalue weighted by Gasteiger charge is 2.12. The van der Waals surface area contributed by atoms with Crippen LogP contribution in [0.5, 0.6) is 0 Å². The summed E-state index contributed by atoms with van der Waals surface area (Å²) in [5.74, 6) is 0.803. The van der Waals surface area contributed by atoms with E-state index in [0.717, 1.165) is 10.2 Å². The van der Waals surface area contributed by atoms with Gasteiger partial charge in [0.25, 0.3) is 5.91 Å². The van der Waals surface area contributed by atoms with Gasteiger partial charge in [0.2, 0.25) is 0 Å². The van der Waals surface area contributed by atoms with E-state index >= 15 is 0 Å². The van der Waals surface area contributed by atoms with Crippen molar-refractivity contribution in [3.63, 3.8) is 0 Å². The maximum Gasteiger partial charge on any atom is 0.260 e. The average molecular weight is 321 g/mol. The van der Waals surface area contributed by atoms with E-state index in [0.29, 0.717) is 17.2 Å². The lowest BCUT2D eigenvalue weighted by Crippen LogP contribution is -2.15. The van der Waals surface area contributed by atoms with Crippen LogP contribution < -0.4 is 10.6 Å². The van der Waals surface area contributed by atoms with Gasteiger partial charge in [-0.1, -0.05) is 0 Å². The molecule has 0 spiro atoms. The molecule has 0 fully saturated rings. The van der Waals surface area contributed by atoms with E-state index in [-0.39, 0.29) is 5.91 Å². The molecule has 2 heterocycles. The van der Waals surface area contributed by atoms with Crippen LogP contribution in [0.25, 0.3) is 0 Å². The summed E-state index contributed by atoms with van der Waals surface area (Å²) in [4.78, 5) is 20.5. The van der Waals surface area contributed by atoms with Gasteiger partial charge in [-0.05, 0) is 47.1 Å². The fourth-order valence-corrected chi connectivity index (χ4v) is 1.81. The zero-order valence-corrected chi connectivity index (χ0v) is 12.2. The standard InChI is InChI=1S/C13H13BrN4O/c1-8-10(14)5-6-11(17-8)18-13(19)9-4-3-7-16-12(9)15-2/h3-7H,1-2H3,(H,15,16)(H,17,18,19). The molecule has 1 amide bonds. The number of aryl methyl sites for hydroxylation is 1. The Hall–Kier alpha value is -1.95. The van der Waals surface area contributed by atoms with Crippen LogP contribution in [0, 0.1) is 6.92 Å². The van der Waals surface area contributed by atoms with Gasteiger partial charge in [-0.3, -0.25) is 4.79 Å². The molecule has 98 valence electrons. The quantitative estimate of drug-likeness (QED) is 0.912. The van der Waals surface area contributed by atoms with Crippen molar-refractivity contribution in [2.75, 3.05) is 17.7 Å². The van der Waals surface area contributed by atoms with Crippen LogP contribution in [0.4, 0.5) is 11.6 Å². The minimum atomic E-state index is -0.244. The van der Waals surface area contributed by atoms with E-state index in [2.05, 4.69) is 36.5 Å². The molecule has 0 aliphatic heterocycles. The van der Waals surface area contributed by atoms with Gasteiger partial charge in [0.15, 0.2) is 0 Å². The Bertz CT molecular complexity index is 615. The predicted octanol–water partition coefficient (Wildman–Crippen LogP) is 2.84. The van der Waals surface area contributed by atoms with Gasteiger partial charge >= 0.3 is 0 Å². The van der Waals surface area contributed by atoms with Gasteiger partial charge in [-0.25, -0.2) is 9.97 Å². The van der Waals surface area contributed by atoms with Crippen LogP contribution in [0.3, 0.4) is 0 Å². The summed E-state index contributed by atoms with van der Waals surface area (Å²) in [6, 6.07) is 7.01. The van der Waals surface area contributed by atoms with Crippen LogP contribution in [0.2, 0.25) is 0 Å². The van der Waals surface area contributed by atoms with Crippen molar-refractivity contribution in [2.24, 2.45) is 0 Å². The molecule has 0 unspecified atom stereocenters. The van der Waals surface area contributed by atoms with Crippen molar-refractivity contribution in [3.05, 3.63) is 46.2 Å². The van der Waals surface area contributed by atoms with E-state index in [1.54, 1.807) is 31.4 Å². The second kappa shape index (κ2) is 5.79. The zero-order valence-electron chi connectivity index (χ0n) is 10.6. The number of hydrogen-bond donors (Lipinski definition) is 2. The van der Waals surface area contributed by atoms with Crippen LogP contribution in [-0.4, -0.2) is 22.9 Å². The van der Waals surface area contributed by atoms with E-state index in [1.165, 1.54) is 0 Å². The van der Waals surface area contributed by atoms with Crippen molar-refractivity contribution in [3.8, 4) is 0 Å². The lowest BCUT2D eigenvalue weighted by Gasteiger charge is -2.09. The molecular formula is C13H13BrN4O. The Balaban J connectivity index is 2.23. The number of hydrogen-bond acceptors (Lipinski definition) is 4. The molecular weight excluding hydrogens is 308 g/mol. The fourth-order valence-electron chi connectivity index (χ4n) is 1.59. The van der Waals surface area contributed by atoms with Gasteiger partial charge in [0.05, 0.1) is 11.3 Å². The van der Waals surface area contributed by atoms with Crippen molar-refractivity contribution in [1.29, 1.82) is 0 Å². The van der Waals surface area contributed by atoms with Crippen molar-refractivity contribution in [2.45, 2.75) is 6.92 Å². The van der Waals surface area contributed by atoms with Crippen LogP contribution in [0.15, 0.2) is 34.9 Å². The third kappa shape index (κ3) is 3.08. The number of halogens is 1. The van der Waals surface area contributed by atoms with Crippen LogP contribution in [0.1, 0.15) is 16.1 Å². The highest BCUT2D eigenvalue weighted by atomic mass is 79.9. The summed E-state index contributed by atoms with van der Waals surface area (Å²) < 4.78 is 0.905. The first kappa shape index (κ1) is 13.5. The second-order valence-electron chi connectivity index (χ2n) is 3.87. The molecule has 0 radical (unpaired) electrons. The summed E-state index contributed by atoms with van der Waals surface area (Å²) in [7, 11) is 1.72. The van der Waals surface area contributed by atoms with Crippen molar-refractivity contribution in [1.82, 2.24) is 9.97 Å². The SMILES string of the molecule is CNc1ncccc1C(=O)Nc1ccc(Br)c(C)n1. The smallest absolute Gasteiger partial charge is 0.260 e. The molecule has 5 nitrogen and oxygen atoms in total. The van der Waals surface area contributed by atoms with Gasteiger partial charge < -0.3 is 10.6 Å². The first-order chi connectivity index (χ1) is 9.11. The number of nitrogens with zero attached hydrogens (tertiary/aromatic N) is 2. The number of amides is 1. The van der Waals surface area contributed by atoms with E-state index in [4.69, 9.17) is 0 Å². The minimum Gasteiger partial charge on any atom is -0.372 e. The molecule has 2 aromatic heterocycles. The highest BCUT2D eigenvalue weighted by Crippen LogP contribution is 2.18. The molecule has 2 aromatic rings. The number of nitrogens with one attached hydrogen (secondary N) is 2. The van der Waals surface area contributed by atoms with Gasteiger partial charge in [-0.15, -0.1) is 0 Å². The third-order valence-corrected chi connectivity index (χ3v) is 3.39. The molecule has 0 saturated carbocycles. The largest absolute Gasteiger partial charge is 0.372 e. The van der Waals surface area contributed by atoms with Gasteiger partial charge in [0.1, 0.15) is 11.6 Å². The molecule has 6 heteroatoms. The lowest BCUT2D eigenvalue weighted by molar-refractivity contribution is 0.102. The summed E-state index contributed by atoms with van der Waals surface area (Å²) in [5, 5.41) is 5.63. The molecule has 0 aromatic carbocycles. The van der Waals surface area contributed by atoms with E-state index in [9.17, 15) is 4.79 Å². The topological polar surface area (TPSA) is 66.9 Å². The number of pyridine rings is 2. The number of aromatic nitrogens is 2. The zero-order chi connectivity index (χ0) is 13.8. The molecule has 2 rings (SSSR count). The molecule has 0 aliphatic rings. The first-order valence-electron chi connectivity index (χ1n) is 5.69. The number of rotatable bonds is 3. The third-order valence-electron chi connectivity index (χ3n) is 2.55. The molecule has 2 N–H and O–H groups in total. The minimum absolute atomic E-state index is 0.244. The van der Waals surface area contributed by atoms with Crippen molar-refractivity contribution >= 4 is 33.5 Å².